The van der Waals surface area contributed by atoms with Crippen molar-refractivity contribution in [3.63, 3.8) is 0 Å². The molecule has 0 saturated carbocycles. The Balaban J connectivity index is 1.49. The van der Waals surface area contributed by atoms with Crippen molar-refractivity contribution in [3.8, 4) is 11.1 Å². The van der Waals surface area contributed by atoms with Crippen LogP contribution in [0.1, 0.15) is 11.1 Å². The number of rotatable bonds is 3. The number of fused-ring (bicyclic) bond motifs is 1. The number of pyridine rings is 1. The highest BCUT2D eigenvalue weighted by Gasteiger charge is 2.23. The van der Waals surface area contributed by atoms with Gasteiger partial charge >= 0.3 is 0 Å². The molecule has 0 bridgehead atoms. The minimum absolute atomic E-state index is 0.921. The quantitative estimate of drug-likeness (QED) is 0.498. The first-order chi connectivity index (χ1) is 14.2. The number of thiophene rings is 1. The summed E-state index contributed by atoms with van der Waals surface area (Å²) in [5.74, 6) is 2.10. The second-order valence-electron chi connectivity index (χ2n) is 7.51. The highest BCUT2D eigenvalue weighted by molar-refractivity contribution is 7.17. The Hall–Kier alpha value is -2.99. The molecule has 146 valence electrons. The lowest BCUT2D eigenvalue weighted by Gasteiger charge is -2.36. The monoisotopic (exact) mass is 401 g/mol. The number of hydrogen-bond acceptors (Lipinski definition) is 6. The van der Waals surface area contributed by atoms with Crippen LogP contribution in [-0.4, -0.2) is 41.1 Å². The molecule has 6 heteroatoms. The van der Waals surface area contributed by atoms with Crippen molar-refractivity contribution in [1.82, 2.24) is 15.0 Å². The van der Waals surface area contributed by atoms with E-state index in [1.54, 1.807) is 17.7 Å². The van der Waals surface area contributed by atoms with Gasteiger partial charge in [-0.25, -0.2) is 15.0 Å². The fraction of sp³-hybridized carbons (Fsp3) is 0.261. The summed E-state index contributed by atoms with van der Waals surface area (Å²) >= 11 is 1.70. The highest BCUT2D eigenvalue weighted by Crippen LogP contribution is 2.39. The van der Waals surface area contributed by atoms with E-state index >= 15 is 0 Å². The molecule has 1 saturated heterocycles. The summed E-state index contributed by atoms with van der Waals surface area (Å²) in [4.78, 5) is 19.6. The highest BCUT2D eigenvalue weighted by atomic mass is 32.1. The summed E-state index contributed by atoms with van der Waals surface area (Å²) in [5.41, 5.74) is 5.09. The van der Waals surface area contributed by atoms with Gasteiger partial charge in [0.1, 0.15) is 22.8 Å². The molecule has 5 rings (SSSR count). The molecule has 4 heterocycles. The fourth-order valence-corrected chi connectivity index (χ4v) is 5.00. The van der Waals surface area contributed by atoms with E-state index in [0.29, 0.717) is 0 Å². The number of anilines is 2. The molecule has 1 aliphatic rings. The average molecular weight is 402 g/mol. The summed E-state index contributed by atoms with van der Waals surface area (Å²) in [6.45, 7) is 8.03. The van der Waals surface area contributed by atoms with Gasteiger partial charge in [-0.2, -0.15) is 0 Å². The second-order valence-corrected chi connectivity index (χ2v) is 8.37. The van der Waals surface area contributed by atoms with Crippen LogP contribution in [0.25, 0.3) is 21.3 Å². The molecular formula is C23H23N5S. The molecule has 0 spiro atoms. The molecule has 5 nitrogen and oxygen atoms in total. The van der Waals surface area contributed by atoms with E-state index in [4.69, 9.17) is 4.98 Å². The molecule has 0 N–H and O–H groups in total. The maximum absolute atomic E-state index is 4.72. The van der Waals surface area contributed by atoms with Gasteiger partial charge < -0.3 is 9.80 Å². The molecule has 3 aromatic heterocycles. The van der Waals surface area contributed by atoms with Gasteiger partial charge in [-0.15, -0.1) is 11.3 Å². The number of nitrogens with zero attached hydrogens (tertiary/aromatic N) is 5. The van der Waals surface area contributed by atoms with Gasteiger partial charge in [0.15, 0.2) is 0 Å². The van der Waals surface area contributed by atoms with Crippen molar-refractivity contribution in [2.45, 2.75) is 13.8 Å². The molecule has 1 aliphatic heterocycles. The Bertz CT molecular complexity index is 1150. The van der Waals surface area contributed by atoms with Crippen LogP contribution in [0.15, 0.2) is 54.3 Å². The van der Waals surface area contributed by atoms with E-state index in [0.717, 1.165) is 42.6 Å². The zero-order valence-electron chi connectivity index (χ0n) is 16.7. The first kappa shape index (κ1) is 18.1. The molecule has 1 fully saturated rings. The lowest BCUT2D eigenvalue weighted by molar-refractivity contribution is 0.643. The normalized spacial score (nSPS) is 14.6. The third kappa shape index (κ3) is 3.34. The van der Waals surface area contributed by atoms with E-state index in [1.807, 2.05) is 18.3 Å². The topological polar surface area (TPSA) is 45.2 Å². The third-order valence-electron chi connectivity index (χ3n) is 5.57. The molecule has 1 aromatic carbocycles. The van der Waals surface area contributed by atoms with E-state index in [2.05, 4.69) is 63.3 Å². The second kappa shape index (κ2) is 7.44. The standard InChI is InChI=1S/C23H23N5S/c1-16-6-7-18(17(2)13-16)19-14-29-23-21(19)22(25-15-26-23)28-11-9-27(10-12-28)20-5-3-4-8-24-20/h3-8,13-15H,9-12H2,1-2H3. The Morgan fingerprint density at radius 1 is 0.862 bits per heavy atom. The lowest BCUT2D eigenvalue weighted by atomic mass is 9.99. The van der Waals surface area contributed by atoms with Crippen molar-refractivity contribution < 1.29 is 0 Å². The molecule has 0 unspecified atom stereocenters. The van der Waals surface area contributed by atoms with Gasteiger partial charge in [-0.05, 0) is 37.1 Å². The van der Waals surface area contributed by atoms with Crippen molar-refractivity contribution in [1.29, 1.82) is 0 Å². The first-order valence-electron chi connectivity index (χ1n) is 9.91. The summed E-state index contributed by atoms with van der Waals surface area (Å²) in [6.07, 6.45) is 3.56. The lowest BCUT2D eigenvalue weighted by Crippen LogP contribution is -2.47. The number of aromatic nitrogens is 3. The smallest absolute Gasteiger partial charge is 0.141 e. The Morgan fingerprint density at radius 3 is 2.45 bits per heavy atom. The summed E-state index contributed by atoms with van der Waals surface area (Å²) < 4.78 is 0. The molecule has 29 heavy (non-hydrogen) atoms. The maximum atomic E-state index is 4.72. The SMILES string of the molecule is Cc1ccc(-c2csc3ncnc(N4CCN(c5ccccn5)CC4)c23)c(C)c1. The summed E-state index contributed by atoms with van der Waals surface area (Å²) in [7, 11) is 0. The Labute approximate surface area is 174 Å². The molecule has 0 atom stereocenters. The van der Waals surface area contributed by atoms with Gasteiger partial charge in [0.25, 0.3) is 0 Å². The van der Waals surface area contributed by atoms with Crippen molar-refractivity contribution in [2.75, 3.05) is 36.0 Å². The largest absolute Gasteiger partial charge is 0.353 e. The Kier molecular flexibility index (Phi) is 4.64. The van der Waals surface area contributed by atoms with Crippen molar-refractivity contribution in [2.24, 2.45) is 0 Å². The third-order valence-corrected chi connectivity index (χ3v) is 6.46. The van der Waals surface area contributed by atoms with Crippen LogP contribution in [0.3, 0.4) is 0 Å². The maximum Gasteiger partial charge on any atom is 0.141 e. The number of aryl methyl sites for hydroxylation is 2. The number of hydrogen-bond donors (Lipinski definition) is 0. The first-order valence-corrected chi connectivity index (χ1v) is 10.8. The van der Waals surface area contributed by atoms with Crippen LogP contribution in [0.4, 0.5) is 11.6 Å². The Morgan fingerprint density at radius 2 is 1.69 bits per heavy atom. The molecule has 4 aromatic rings. The molecule has 0 radical (unpaired) electrons. The molecule has 0 amide bonds. The molecular weight excluding hydrogens is 378 g/mol. The van der Waals surface area contributed by atoms with E-state index in [9.17, 15) is 0 Å². The minimum atomic E-state index is 0.921. The van der Waals surface area contributed by atoms with Crippen molar-refractivity contribution >= 4 is 33.2 Å². The molecule has 0 aliphatic carbocycles. The summed E-state index contributed by atoms with van der Waals surface area (Å²) in [6, 6.07) is 12.7. The fourth-order valence-electron chi connectivity index (χ4n) is 4.10. The average Bonchev–Trinajstić information content (AvgIpc) is 3.19. The van der Waals surface area contributed by atoms with Gasteiger partial charge in [-0.1, -0.05) is 29.8 Å². The van der Waals surface area contributed by atoms with Gasteiger partial charge in [-0.3, -0.25) is 0 Å². The van der Waals surface area contributed by atoms with Gasteiger partial charge in [0.2, 0.25) is 0 Å². The number of piperazine rings is 1. The van der Waals surface area contributed by atoms with Gasteiger partial charge in [0, 0.05) is 43.3 Å². The van der Waals surface area contributed by atoms with E-state index < -0.39 is 0 Å². The van der Waals surface area contributed by atoms with Crippen molar-refractivity contribution in [3.05, 3.63) is 65.4 Å². The minimum Gasteiger partial charge on any atom is -0.353 e. The zero-order chi connectivity index (χ0) is 19.8. The van der Waals surface area contributed by atoms with Crippen LogP contribution in [0.5, 0.6) is 0 Å². The van der Waals surface area contributed by atoms with Crippen LogP contribution < -0.4 is 9.80 Å². The van der Waals surface area contributed by atoms with Gasteiger partial charge in [0.05, 0.1) is 5.39 Å². The summed E-state index contributed by atoms with van der Waals surface area (Å²) in [5, 5.41) is 3.40. The van der Waals surface area contributed by atoms with E-state index in [1.165, 1.54) is 27.6 Å². The zero-order valence-corrected chi connectivity index (χ0v) is 17.5. The van der Waals surface area contributed by atoms with Crippen LogP contribution in [0.2, 0.25) is 0 Å². The predicted molar refractivity (Wildman–Crippen MR) is 121 cm³/mol. The number of benzene rings is 1. The van der Waals surface area contributed by atoms with Crippen LogP contribution in [-0.2, 0) is 0 Å². The van der Waals surface area contributed by atoms with Crippen LogP contribution >= 0.6 is 11.3 Å². The van der Waals surface area contributed by atoms with E-state index in [-0.39, 0.29) is 0 Å². The van der Waals surface area contributed by atoms with Crippen LogP contribution in [0, 0.1) is 13.8 Å². The predicted octanol–water partition coefficient (Wildman–Crippen LogP) is 4.70.